The van der Waals surface area contributed by atoms with Crippen LogP contribution in [0.5, 0.6) is 0 Å². The standard InChI is InChI=1S/C21H25N3O3S/c1-15-7-5-6-8-17(15)14-28(25,26)22-13-19-23-20(24-27-19)16-9-11-18(12-10-16)21(2,3)4/h5-12,22H,13-14H2,1-4H3. The molecule has 0 bridgehead atoms. The van der Waals surface area contributed by atoms with Gasteiger partial charge in [-0.05, 0) is 29.0 Å². The molecule has 0 amide bonds. The molecule has 2 aromatic carbocycles. The van der Waals surface area contributed by atoms with Gasteiger partial charge in [-0.2, -0.15) is 4.98 Å². The molecular weight excluding hydrogens is 374 g/mol. The third-order valence-electron chi connectivity index (χ3n) is 4.53. The molecule has 0 unspecified atom stereocenters. The Labute approximate surface area is 166 Å². The van der Waals surface area contributed by atoms with E-state index in [4.69, 9.17) is 4.52 Å². The summed E-state index contributed by atoms with van der Waals surface area (Å²) in [4.78, 5) is 4.30. The van der Waals surface area contributed by atoms with Gasteiger partial charge in [0.15, 0.2) is 0 Å². The summed E-state index contributed by atoms with van der Waals surface area (Å²) < 4.78 is 32.4. The van der Waals surface area contributed by atoms with Crippen molar-refractivity contribution in [1.82, 2.24) is 14.9 Å². The Morgan fingerprint density at radius 1 is 1.04 bits per heavy atom. The van der Waals surface area contributed by atoms with Crippen LogP contribution in [-0.2, 0) is 27.7 Å². The fraction of sp³-hybridized carbons (Fsp3) is 0.333. The van der Waals surface area contributed by atoms with Crippen molar-refractivity contribution in [2.24, 2.45) is 0 Å². The number of nitrogens with one attached hydrogen (secondary N) is 1. The minimum absolute atomic E-state index is 0.0404. The molecule has 0 aliphatic heterocycles. The molecule has 0 spiro atoms. The predicted molar refractivity (Wildman–Crippen MR) is 109 cm³/mol. The number of sulfonamides is 1. The lowest BCUT2D eigenvalue weighted by Crippen LogP contribution is -2.25. The molecule has 6 nitrogen and oxygen atoms in total. The van der Waals surface area contributed by atoms with Crippen LogP contribution in [0, 0.1) is 6.92 Å². The fourth-order valence-corrected chi connectivity index (χ4v) is 3.94. The Bertz CT molecular complexity index is 1050. The van der Waals surface area contributed by atoms with Crippen LogP contribution in [0.3, 0.4) is 0 Å². The number of aromatic nitrogens is 2. The van der Waals surface area contributed by atoms with E-state index in [0.717, 1.165) is 16.7 Å². The summed E-state index contributed by atoms with van der Waals surface area (Å²) in [5, 5.41) is 3.96. The molecule has 3 rings (SSSR count). The minimum Gasteiger partial charge on any atom is -0.338 e. The Morgan fingerprint density at radius 2 is 1.71 bits per heavy atom. The highest BCUT2D eigenvalue weighted by molar-refractivity contribution is 7.88. The first-order chi connectivity index (χ1) is 13.1. The van der Waals surface area contributed by atoms with Crippen LogP contribution >= 0.6 is 0 Å². The zero-order valence-electron chi connectivity index (χ0n) is 16.6. The first kappa shape index (κ1) is 20.2. The maximum atomic E-state index is 12.3. The van der Waals surface area contributed by atoms with Crippen LogP contribution in [0.2, 0.25) is 0 Å². The van der Waals surface area contributed by atoms with Gasteiger partial charge in [-0.25, -0.2) is 13.1 Å². The molecule has 0 saturated carbocycles. The van der Waals surface area contributed by atoms with Crippen molar-refractivity contribution in [2.45, 2.75) is 45.4 Å². The smallest absolute Gasteiger partial charge is 0.242 e. The van der Waals surface area contributed by atoms with Gasteiger partial charge in [-0.3, -0.25) is 0 Å². The molecular formula is C21H25N3O3S. The number of rotatable bonds is 6. The lowest BCUT2D eigenvalue weighted by molar-refractivity contribution is 0.376. The number of hydrogen-bond acceptors (Lipinski definition) is 5. The maximum Gasteiger partial charge on any atom is 0.242 e. The van der Waals surface area contributed by atoms with E-state index in [9.17, 15) is 8.42 Å². The average Bonchev–Trinajstić information content (AvgIpc) is 3.11. The van der Waals surface area contributed by atoms with Gasteiger partial charge >= 0.3 is 0 Å². The average molecular weight is 400 g/mol. The van der Waals surface area contributed by atoms with E-state index in [2.05, 4.69) is 35.6 Å². The molecule has 1 N–H and O–H groups in total. The lowest BCUT2D eigenvalue weighted by Gasteiger charge is -2.18. The Balaban J connectivity index is 1.65. The molecule has 0 atom stereocenters. The zero-order valence-corrected chi connectivity index (χ0v) is 17.4. The number of aryl methyl sites for hydroxylation is 1. The van der Waals surface area contributed by atoms with Crippen molar-refractivity contribution < 1.29 is 12.9 Å². The molecule has 28 heavy (non-hydrogen) atoms. The molecule has 148 valence electrons. The lowest BCUT2D eigenvalue weighted by atomic mass is 9.87. The van der Waals surface area contributed by atoms with E-state index in [0.29, 0.717) is 5.82 Å². The van der Waals surface area contributed by atoms with Gasteiger partial charge in [-0.1, -0.05) is 74.5 Å². The number of hydrogen-bond donors (Lipinski definition) is 1. The van der Waals surface area contributed by atoms with Crippen molar-refractivity contribution in [1.29, 1.82) is 0 Å². The monoisotopic (exact) mass is 399 g/mol. The summed E-state index contributed by atoms with van der Waals surface area (Å²) in [7, 11) is -3.51. The van der Waals surface area contributed by atoms with Crippen molar-refractivity contribution in [3.63, 3.8) is 0 Å². The van der Waals surface area contributed by atoms with Crippen LogP contribution in [0.4, 0.5) is 0 Å². The van der Waals surface area contributed by atoms with Crippen LogP contribution in [-0.4, -0.2) is 18.6 Å². The highest BCUT2D eigenvalue weighted by atomic mass is 32.2. The third kappa shape index (κ3) is 5.05. The maximum absolute atomic E-state index is 12.3. The summed E-state index contributed by atoms with van der Waals surface area (Å²) in [6.07, 6.45) is 0. The minimum atomic E-state index is -3.51. The van der Waals surface area contributed by atoms with Gasteiger partial charge in [0.2, 0.25) is 21.7 Å². The number of benzene rings is 2. The SMILES string of the molecule is Cc1ccccc1CS(=O)(=O)NCc1nc(-c2ccc(C(C)(C)C)cc2)no1. The molecule has 7 heteroatoms. The van der Waals surface area contributed by atoms with Crippen molar-refractivity contribution in [3.8, 4) is 11.4 Å². The Morgan fingerprint density at radius 3 is 2.36 bits per heavy atom. The highest BCUT2D eigenvalue weighted by Gasteiger charge is 2.17. The van der Waals surface area contributed by atoms with Crippen molar-refractivity contribution >= 4 is 10.0 Å². The van der Waals surface area contributed by atoms with Crippen molar-refractivity contribution in [2.75, 3.05) is 0 Å². The molecule has 0 aliphatic rings. The number of nitrogens with zero attached hydrogens (tertiary/aromatic N) is 2. The summed E-state index contributed by atoms with van der Waals surface area (Å²) in [5.41, 5.74) is 3.80. The van der Waals surface area contributed by atoms with Gasteiger partial charge in [0.05, 0.1) is 12.3 Å². The first-order valence-corrected chi connectivity index (χ1v) is 10.7. The second kappa shape index (κ2) is 7.85. The second-order valence-electron chi connectivity index (χ2n) is 7.85. The van der Waals surface area contributed by atoms with Gasteiger partial charge in [0, 0.05) is 5.56 Å². The van der Waals surface area contributed by atoms with Gasteiger partial charge in [0.1, 0.15) is 0 Å². The quantitative estimate of drug-likeness (QED) is 0.678. The summed E-state index contributed by atoms with van der Waals surface area (Å²) >= 11 is 0. The van der Waals surface area contributed by atoms with E-state index in [1.54, 1.807) is 6.07 Å². The van der Waals surface area contributed by atoms with Gasteiger partial charge in [-0.15, -0.1) is 0 Å². The zero-order chi connectivity index (χ0) is 20.4. The first-order valence-electron chi connectivity index (χ1n) is 9.09. The summed E-state index contributed by atoms with van der Waals surface area (Å²) in [6, 6.07) is 15.4. The Kier molecular flexibility index (Phi) is 5.67. The summed E-state index contributed by atoms with van der Waals surface area (Å²) in [6.45, 7) is 8.30. The van der Waals surface area contributed by atoms with Gasteiger partial charge in [0.25, 0.3) is 0 Å². The van der Waals surface area contributed by atoms with E-state index in [-0.39, 0.29) is 23.6 Å². The summed E-state index contributed by atoms with van der Waals surface area (Å²) in [5.74, 6) is 0.575. The van der Waals surface area contributed by atoms with E-state index >= 15 is 0 Å². The molecule has 0 fully saturated rings. The van der Waals surface area contributed by atoms with Crippen LogP contribution in [0.15, 0.2) is 53.1 Å². The molecule has 3 aromatic rings. The molecule has 1 heterocycles. The Hall–Kier alpha value is -2.51. The highest BCUT2D eigenvalue weighted by Crippen LogP contribution is 2.25. The molecule has 0 radical (unpaired) electrons. The van der Waals surface area contributed by atoms with Crippen LogP contribution < -0.4 is 4.72 Å². The van der Waals surface area contributed by atoms with E-state index in [1.807, 2.05) is 49.4 Å². The van der Waals surface area contributed by atoms with E-state index in [1.165, 1.54) is 5.56 Å². The normalized spacial score (nSPS) is 12.3. The molecule has 1 aromatic heterocycles. The van der Waals surface area contributed by atoms with Crippen molar-refractivity contribution in [3.05, 3.63) is 71.1 Å². The molecule has 0 saturated heterocycles. The molecule has 0 aliphatic carbocycles. The fourth-order valence-electron chi connectivity index (χ4n) is 2.76. The van der Waals surface area contributed by atoms with Crippen LogP contribution in [0.1, 0.15) is 43.4 Å². The largest absolute Gasteiger partial charge is 0.338 e. The third-order valence-corrected chi connectivity index (χ3v) is 5.80. The second-order valence-corrected chi connectivity index (χ2v) is 9.65. The van der Waals surface area contributed by atoms with Gasteiger partial charge < -0.3 is 4.52 Å². The topological polar surface area (TPSA) is 85.1 Å². The van der Waals surface area contributed by atoms with Crippen LogP contribution in [0.25, 0.3) is 11.4 Å². The predicted octanol–water partition coefficient (Wildman–Crippen LogP) is 3.96. The van der Waals surface area contributed by atoms with E-state index < -0.39 is 10.0 Å².